The predicted molar refractivity (Wildman–Crippen MR) is 63.7 cm³/mol. The van der Waals surface area contributed by atoms with E-state index in [2.05, 4.69) is 17.4 Å². The van der Waals surface area contributed by atoms with Gasteiger partial charge in [-0.25, -0.2) is 0 Å². The molecule has 0 heterocycles. The first kappa shape index (κ1) is 13.9. The number of carbonyl (C=O) groups is 1. The Morgan fingerprint density at radius 3 is 2.40 bits per heavy atom. The van der Waals surface area contributed by atoms with Crippen LogP contribution in [-0.4, -0.2) is 13.1 Å². The summed E-state index contributed by atoms with van der Waals surface area (Å²) in [7, 11) is 1.41. The standard InChI is InChI=1S/C13H22O2/c1-3-4-5-6-7-8-9-10-11-12-13(14)15-2/h3,10-11H,1,4-9,12H2,2H3. The largest absolute Gasteiger partial charge is 0.469 e. The van der Waals surface area contributed by atoms with Gasteiger partial charge in [-0.15, -0.1) is 6.58 Å². The van der Waals surface area contributed by atoms with Gasteiger partial charge in [0.25, 0.3) is 0 Å². The van der Waals surface area contributed by atoms with Gasteiger partial charge in [0.15, 0.2) is 0 Å². The topological polar surface area (TPSA) is 26.3 Å². The third kappa shape index (κ3) is 10.9. The Balaban J connectivity index is 3.16. The molecule has 0 saturated heterocycles. The van der Waals surface area contributed by atoms with Crippen LogP contribution in [0.2, 0.25) is 0 Å². The second-order valence-electron chi connectivity index (χ2n) is 3.53. The van der Waals surface area contributed by atoms with Crippen molar-refractivity contribution in [3.8, 4) is 0 Å². The highest BCUT2D eigenvalue weighted by Crippen LogP contribution is 2.06. The molecule has 0 spiro atoms. The van der Waals surface area contributed by atoms with Gasteiger partial charge in [-0.1, -0.05) is 31.1 Å². The number of hydrogen-bond acceptors (Lipinski definition) is 2. The molecule has 0 aliphatic rings. The molecule has 0 fully saturated rings. The van der Waals surface area contributed by atoms with Crippen molar-refractivity contribution >= 4 is 5.97 Å². The maximum atomic E-state index is 10.7. The smallest absolute Gasteiger partial charge is 0.309 e. The zero-order chi connectivity index (χ0) is 11.4. The van der Waals surface area contributed by atoms with E-state index in [-0.39, 0.29) is 5.97 Å². The average molecular weight is 210 g/mol. The molecule has 0 aliphatic carbocycles. The second kappa shape index (κ2) is 11.0. The molecule has 2 heteroatoms. The maximum absolute atomic E-state index is 10.7. The number of carbonyl (C=O) groups excluding carboxylic acids is 1. The van der Waals surface area contributed by atoms with Gasteiger partial charge in [-0.3, -0.25) is 4.79 Å². The summed E-state index contributed by atoms with van der Waals surface area (Å²) in [5.41, 5.74) is 0. The van der Waals surface area contributed by atoms with E-state index in [1.807, 2.05) is 12.2 Å². The number of ether oxygens (including phenoxy) is 1. The summed E-state index contributed by atoms with van der Waals surface area (Å²) in [6, 6.07) is 0. The van der Waals surface area contributed by atoms with E-state index in [1.54, 1.807) is 0 Å². The number of unbranched alkanes of at least 4 members (excludes halogenated alkanes) is 5. The van der Waals surface area contributed by atoms with Crippen molar-refractivity contribution in [2.24, 2.45) is 0 Å². The Labute approximate surface area is 93.0 Å². The molecule has 0 N–H and O–H groups in total. The van der Waals surface area contributed by atoms with E-state index in [9.17, 15) is 4.79 Å². The van der Waals surface area contributed by atoms with Crippen molar-refractivity contribution in [1.29, 1.82) is 0 Å². The molecule has 0 rings (SSSR count). The highest BCUT2D eigenvalue weighted by atomic mass is 16.5. The van der Waals surface area contributed by atoms with E-state index >= 15 is 0 Å². The molecular formula is C13H22O2. The lowest BCUT2D eigenvalue weighted by atomic mass is 10.1. The minimum atomic E-state index is -0.169. The van der Waals surface area contributed by atoms with Crippen LogP contribution >= 0.6 is 0 Å². The van der Waals surface area contributed by atoms with Gasteiger partial charge in [0.2, 0.25) is 0 Å². The second-order valence-corrected chi connectivity index (χ2v) is 3.53. The van der Waals surface area contributed by atoms with Gasteiger partial charge in [0.1, 0.15) is 0 Å². The summed E-state index contributed by atoms with van der Waals surface area (Å²) in [4.78, 5) is 10.7. The number of allylic oxidation sites excluding steroid dienone is 2. The molecule has 0 saturated carbocycles. The first-order valence-corrected chi connectivity index (χ1v) is 5.64. The van der Waals surface area contributed by atoms with Crippen LogP contribution < -0.4 is 0 Å². The van der Waals surface area contributed by atoms with Crippen molar-refractivity contribution in [1.82, 2.24) is 0 Å². The monoisotopic (exact) mass is 210 g/mol. The Hall–Kier alpha value is -1.05. The third-order valence-electron chi connectivity index (χ3n) is 2.21. The number of hydrogen-bond donors (Lipinski definition) is 0. The van der Waals surface area contributed by atoms with Gasteiger partial charge in [-0.05, 0) is 25.7 Å². The van der Waals surface area contributed by atoms with Gasteiger partial charge >= 0.3 is 5.97 Å². The molecule has 86 valence electrons. The van der Waals surface area contributed by atoms with Crippen LogP contribution in [0.3, 0.4) is 0 Å². The minimum absolute atomic E-state index is 0.169. The summed E-state index contributed by atoms with van der Waals surface area (Å²) < 4.78 is 4.52. The lowest BCUT2D eigenvalue weighted by molar-refractivity contribution is -0.139. The van der Waals surface area contributed by atoms with Gasteiger partial charge in [0.05, 0.1) is 13.5 Å². The number of methoxy groups -OCH3 is 1. The Morgan fingerprint density at radius 1 is 1.13 bits per heavy atom. The van der Waals surface area contributed by atoms with Crippen LogP contribution in [-0.2, 0) is 9.53 Å². The van der Waals surface area contributed by atoms with Crippen molar-refractivity contribution < 1.29 is 9.53 Å². The van der Waals surface area contributed by atoms with Crippen LogP contribution in [0.25, 0.3) is 0 Å². The van der Waals surface area contributed by atoms with E-state index in [0.29, 0.717) is 6.42 Å². The van der Waals surface area contributed by atoms with Crippen LogP contribution in [0.5, 0.6) is 0 Å². The van der Waals surface area contributed by atoms with Crippen LogP contribution in [0.4, 0.5) is 0 Å². The molecule has 0 bridgehead atoms. The highest BCUT2D eigenvalue weighted by Gasteiger charge is 1.93. The normalized spacial score (nSPS) is 10.5. The SMILES string of the molecule is C=CCCCCCCC=CCC(=O)OC. The summed E-state index contributed by atoms with van der Waals surface area (Å²) in [6.45, 7) is 3.69. The molecule has 0 aromatic heterocycles. The molecule has 0 radical (unpaired) electrons. The maximum Gasteiger partial charge on any atom is 0.309 e. The highest BCUT2D eigenvalue weighted by molar-refractivity contribution is 5.70. The minimum Gasteiger partial charge on any atom is -0.469 e. The van der Waals surface area contributed by atoms with Crippen LogP contribution in [0, 0.1) is 0 Å². The Morgan fingerprint density at radius 2 is 1.80 bits per heavy atom. The summed E-state index contributed by atoms with van der Waals surface area (Å²) in [6.07, 6.45) is 13.5. The Kier molecular flexibility index (Phi) is 10.3. The van der Waals surface area contributed by atoms with Crippen molar-refractivity contribution in [3.05, 3.63) is 24.8 Å². The fourth-order valence-corrected chi connectivity index (χ4v) is 1.29. The summed E-state index contributed by atoms with van der Waals surface area (Å²) in [5, 5.41) is 0. The predicted octanol–water partition coefficient (Wildman–Crippen LogP) is 3.63. The van der Waals surface area contributed by atoms with E-state index in [1.165, 1.54) is 32.8 Å². The van der Waals surface area contributed by atoms with Crippen LogP contribution in [0.15, 0.2) is 24.8 Å². The first-order valence-electron chi connectivity index (χ1n) is 5.64. The molecule has 0 amide bonds. The van der Waals surface area contributed by atoms with Gasteiger partial charge < -0.3 is 4.74 Å². The van der Waals surface area contributed by atoms with E-state index < -0.39 is 0 Å². The number of rotatable bonds is 9. The Bertz CT molecular complexity index is 195. The fourth-order valence-electron chi connectivity index (χ4n) is 1.29. The lowest BCUT2D eigenvalue weighted by Crippen LogP contribution is -1.96. The van der Waals surface area contributed by atoms with Crippen molar-refractivity contribution in [2.75, 3.05) is 7.11 Å². The third-order valence-corrected chi connectivity index (χ3v) is 2.21. The van der Waals surface area contributed by atoms with E-state index in [0.717, 1.165) is 12.8 Å². The van der Waals surface area contributed by atoms with Crippen molar-refractivity contribution in [2.45, 2.75) is 44.9 Å². The zero-order valence-corrected chi connectivity index (χ0v) is 9.71. The summed E-state index contributed by atoms with van der Waals surface area (Å²) >= 11 is 0. The van der Waals surface area contributed by atoms with Gasteiger partial charge in [-0.2, -0.15) is 0 Å². The number of esters is 1. The molecular weight excluding hydrogens is 188 g/mol. The van der Waals surface area contributed by atoms with Gasteiger partial charge in [0, 0.05) is 0 Å². The zero-order valence-electron chi connectivity index (χ0n) is 9.71. The van der Waals surface area contributed by atoms with Crippen molar-refractivity contribution in [3.63, 3.8) is 0 Å². The molecule has 15 heavy (non-hydrogen) atoms. The quantitative estimate of drug-likeness (QED) is 0.330. The first-order chi connectivity index (χ1) is 7.31. The molecule has 0 aromatic carbocycles. The molecule has 0 atom stereocenters. The molecule has 2 nitrogen and oxygen atoms in total. The molecule has 0 unspecified atom stereocenters. The molecule has 0 aliphatic heterocycles. The summed E-state index contributed by atoms with van der Waals surface area (Å²) in [5.74, 6) is -0.169. The van der Waals surface area contributed by atoms with E-state index in [4.69, 9.17) is 0 Å². The average Bonchev–Trinajstić information content (AvgIpc) is 2.26. The van der Waals surface area contributed by atoms with Crippen LogP contribution in [0.1, 0.15) is 44.9 Å². The molecule has 0 aromatic rings. The lowest BCUT2D eigenvalue weighted by Gasteiger charge is -1.96. The fraction of sp³-hybridized carbons (Fsp3) is 0.615.